The Bertz CT molecular complexity index is 1490. The highest BCUT2D eigenvalue weighted by molar-refractivity contribution is 6.17. The summed E-state index contributed by atoms with van der Waals surface area (Å²) in [5.41, 5.74) is 6.10. The number of hydrogen-bond acceptors (Lipinski definition) is 5. The Kier molecular flexibility index (Phi) is 9.31. The lowest BCUT2D eigenvalue weighted by Gasteiger charge is -2.13. The van der Waals surface area contributed by atoms with Crippen LogP contribution in [0.5, 0.6) is 5.75 Å². The second kappa shape index (κ2) is 13.0. The lowest BCUT2D eigenvalue weighted by atomic mass is 10.1. The quantitative estimate of drug-likeness (QED) is 0.159. The topological polar surface area (TPSA) is 92.2 Å². The number of amides is 2. The van der Waals surface area contributed by atoms with E-state index in [1.807, 2.05) is 31.2 Å². The van der Waals surface area contributed by atoms with Crippen molar-refractivity contribution < 1.29 is 14.3 Å². The number of carbonyl (C=O) groups is 2. The molecule has 0 fully saturated rings. The van der Waals surface area contributed by atoms with Crippen molar-refractivity contribution in [3.8, 4) is 5.75 Å². The molecule has 0 saturated heterocycles. The van der Waals surface area contributed by atoms with Gasteiger partial charge in [0.2, 0.25) is 0 Å². The number of nitrogens with zero attached hydrogens (tertiary/aromatic N) is 2. The Balaban J connectivity index is 1.43. The fraction of sp³-hybridized carbons (Fsp3) is 0.133. The number of rotatable bonds is 9. The van der Waals surface area contributed by atoms with Crippen LogP contribution in [0.2, 0.25) is 0 Å². The molecule has 4 aromatic carbocycles. The molecule has 4 rings (SSSR count). The average molecular weight is 561 g/mol. The Labute approximate surface area is 236 Å². The molecule has 0 unspecified atom stereocenters. The van der Waals surface area contributed by atoms with E-state index >= 15 is 0 Å². The normalized spacial score (nSPS) is 10.9. The maximum absolute atomic E-state index is 12.7. The van der Waals surface area contributed by atoms with Crippen molar-refractivity contribution >= 4 is 57.8 Å². The van der Waals surface area contributed by atoms with E-state index in [1.165, 1.54) is 7.11 Å². The van der Waals surface area contributed by atoms with Gasteiger partial charge < -0.3 is 15.4 Å². The molecule has 0 saturated carbocycles. The van der Waals surface area contributed by atoms with E-state index in [0.29, 0.717) is 51.4 Å². The summed E-state index contributed by atoms with van der Waals surface area (Å²) in [5.74, 6) is 0.763. The largest absolute Gasteiger partial charge is 0.494 e. The summed E-state index contributed by atoms with van der Waals surface area (Å²) in [4.78, 5) is 25.2. The van der Waals surface area contributed by atoms with Gasteiger partial charge in [0.15, 0.2) is 0 Å². The minimum atomic E-state index is -0.261. The zero-order chi connectivity index (χ0) is 27.8. The smallest absolute Gasteiger partial charge is 0.255 e. The molecule has 2 amide bonds. The van der Waals surface area contributed by atoms with Gasteiger partial charge in [0.05, 0.1) is 24.2 Å². The lowest BCUT2D eigenvalue weighted by Crippen LogP contribution is -2.12. The number of azo groups is 1. The molecule has 9 heteroatoms. The van der Waals surface area contributed by atoms with E-state index in [1.54, 1.807) is 60.7 Å². The first-order chi connectivity index (χ1) is 18.9. The van der Waals surface area contributed by atoms with E-state index in [9.17, 15) is 9.59 Å². The Hall–Kier alpha value is -4.20. The summed E-state index contributed by atoms with van der Waals surface area (Å²) in [6, 6.07) is 24.7. The third kappa shape index (κ3) is 7.22. The first kappa shape index (κ1) is 27.8. The molecule has 0 heterocycles. The zero-order valence-corrected chi connectivity index (χ0v) is 22.9. The number of carbonyl (C=O) groups excluding carboxylic acids is 2. The number of methoxy groups -OCH3 is 1. The number of aryl methyl sites for hydroxylation is 1. The van der Waals surface area contributed by atoms with Crippen LogP contribution in [0.4, 0.5) is 22.7 Å². The predicted molar refractivity (Wildman–Crippen MR) is 156 cm³/mol. The standard InChI is InChI=1S/C30H26Cl2N4O3/c1-19-15-27(34-30(38)23-9-5-21(18-32)6-10-23)28(39-2)16-26(19)36-35-25-13-11-24(12-14-25)33-29(37)22-7-3-20(17-31)4-8-22/h3-16H,17-18H2,1-2H3,(H,33,37)(H,34,38). The monoisotopic (exact) mass is 560 g/mol. The van der Waals surface area contributed by atoms with Crippen molar-refractivity contribution in [2.24, 2.45) is 10.2 Å². The molecular weight excluding hydrogens is 535 g/mol. The van der Waals surface area contributed by atoms with E-state index < -0.39 is 0 Å². The molecular formula is C30H26Cl2N4O3. The van der Waals surface area contributed by atoms with Crippen LogP contribution in [-0.4, -0.2) is 18.9 Å². The molecule has 0 spiro atoms. The van der Waals surface area contributed by atoms with Crippen LogP contribution in [-0.2, 0) is 11.8 Å². The molecule has 0 aliphatic heterocycles. The summed E-state index contributed by atoms with van der Waals surface area (Å²) in [5, 5.41) is 14.4. The van der Waals surface area contributed by atoms with Gasteiger partial charge in [-0.3, -0.25) is 9.59 Å². The van der Waals surface area contributed by atoms with Crippen molar-refractivity contribution in [1.29, 1.82) is 0 Å². The second-order valence-electron chi connectivity index (χ2n) is 8.66. The number of alkyl halides is 2. The average Bonchev–Trinajstić information content (AvgIpc) is 2.97. The Morgan fingerprint density at radius 1 is 0.744 bits per heavy atom. The summed E-state index contributed by atoms with van der Waals surface area (Å²) in [6.45, 7) is 1.87. The van der Waals surface area contributed by atoms with Crippen LogP contribution in [0, 0.1) is 6.92 Å². The highest BCUT2D eigenvalue weighted by Crippen LogP contribution is 2.34. The van der Waals surface area contributed by atoms with Crippen molar-refractivity contribution in [3.63, 3.8) is 0 Å². The van der Waals surface area contributed by atoms with Gasteiger partial charge in [-0.1, -0.05) is 24.3 Å². The summed E-state index contributed by atoms with van der Waals surface area (Å²) in [7, 11) is 1.52. The molecule has 2 N–H and O–H groups in total. The Morgan fingerprint density at radius 3 is 1.79 bits per heavy atom. The first-order valence-electron chi connectivity index (χ1n) is 12.0. The van der Waals surface area contributed by atoms with Gasteiger partial charge in [0.1, 0.15) is 5.75 Å². The number of ether oxygens (including phenoxy) is 1. The molecule has 39 heavy (non-hydrogen) atoms. The van der Waals surface area contributed by atoms with Gasteiger partial charge in [-0.15, -0.1) is 23.2 Å². The second-order valence-corrected chi connectivity index (χ2v) is 9.19. The fourth-order valence-corrected chi connectivity index (χ4v) is 4.02. The molecule has 0 aromatic heterocycles. The van der Waals surface area contributed by atoms with Gasteiger partial charge in [-0.25, -0.2) is 0 Å². The number of hydrogen-bond donors (Lipinski definition) is 2. The number of benzene rings is 4. The number of halogens is 2. The van der Waals surface area contributed by atoms with E-state index in [-0.39, 0.29) is 11.8 Å². The van der Waals surface area contributed by atoms with E-state index in [2.05, 4.69) is 20.9 Å². The number of anilines is 2. The van der Waals surface area contributed by atoms with Gasteiger partial charge >= 0.3 is 0 Å². The first-order valence-corrected chi connectivity index (χ1v) is 13.1. The van der Waals surface area contributed by atoms with Crippen molar-refractivity contribution in [3.05, 3.63) is 113 Å². The maximum atomic E-state index is 12.7. The van der Waals surface area contributed by atoms with Gasteiger partial charge in [-0.2, -0.15) is 10.2 Å². The van der Waals surface area contributed by atoms with Gasteiger partial charge in [0.25, 0.3) is 11.8 Å². The van der Waals surface area contributed by atoms with E-state index in [0.717, 1.165) is 16.7 Å². The maximum Gasteiger partial charge on any atom is 0.255 e. The van der Waals surface area contributed by atoms with Gasteiger partial charge in [0, 0.05) is 34.6 Å². The van der Waals surface area contributed by atoms with E-state index in [4.69, 9.17) is 27.9 Å². The molecule has 0 aliphatic rings. The Morgan fingerprint density at radius 2 is 1.28 bits per heavy atom. The third-order valence-corrected chi connectivity index (χ3v) is 6.52. The summed E-state index contributed by atoms with van der Waals surface area (Å²) in [6.07, 6.45) is 0. The summed E-state index contributed by atoms with van der Waals surface area (Å²) >= 11 is 11.6. The summed E-state index contributed by atoms with van der Waals surface area (Å²) < 4.78 is 5.49. The highest BCUT2D eigenvalue weighted by atomic mass is 35.5. The highest BCUT2D eigenvalue weighted by Gasteiger charge is 2.13. The van der Waals surface area contributed by atoms with Crippen LogP contribution >= 0.6 is 23.2 Å². The zero-order valence-electron chi connectivity index (χ0n) is 21.4. The fourth-order valence-electron chi connectivity index (χ4n) is 3.66. The molecule has 0 radical (unpaired) electrons. The van der Waals surface area contributed by atoms with Gasteiger partial charge in [-0.05, 0) is 78.2 Å². The molecule has 198 valence electrons. The molecule has 7 nitrogen and oxygen atoms in total. The molecule has 0 bridgehead atoms. The van der Waals surface area contributed by atoms with Crippen LogP contribution in [0.3, 0.4) is 0 Å². The minimum absolute atomic E-state index is 0.215. The molecule has 4 aromatic rings. The SMILES string of the molecule is COc1cc(N=Nc2ccc(NC(=O)c3ccc(CCl)cc3)cc2)c(C)cc1NC(=O)c1ccc(CCl)cc1. The van der Waals surface area contributed by atoms with Crippen LogP contribution < -0.4 is 15.4 Å². The van der Waals surface area contributed by atoms with Crippen LogP contribution in [0.1, 0.15) is 37.4 Å². The van der Waals surface area contributed by atoms with Crippen molar-refractivity contribution in [2.75, 3.05) is 17.7 Å². The number of nitrogens with one attached hydrogen (secondary N) is 2. The molecule has 0 atom stereocenters. The minimum Gasteiger partial charge on any atom is -0.494 e. The van der Waals surface area contributed by atoms with Crippen molar-refractivity contribution in [1.82, 2.24) is 0 Å². The lowest BCUT2D eigenvalue weighted by molar-refractivity contribution is 0.101. The third-order valence-electron chi connectivity index (χ3n) is 5.91. The predicted octanol–water partition coefficient (Wildman–Crippen LogP) is 8.40. The van der Waals surface area contributed by atoms with Crippen molar-refractivity contribution in [2.45, 2.75) is 18.7 Å². The van der Waals surface area contributed by atoms with Crippen LogP contribution in [0.25, 0.3) is 0 Å². The molecule has 0 aliphatic carbocycles. The van der Waals surface area contributed by atoms with Crippen LogP contribution in [0.15, 0.2) is 95.2 Å².